The van der Waals surface area contributed by atoms with Crippen LogP contribution in [0.1, 0.15) is 44.3 Å². The molecule has 0 fully saturated rings. The third-order valence-electron chi connectivity index (χ3n) is 3.09. The molecular formula is C15H25F3N2O. The van der Waals surface area contributed by atoms with E-state index in [-0.39, 0.29) is 6.54 Å². The zero-order valence-corrected chi connectivity index (χ0v) is 13.2. The molecule has 0 aliphatic rings. The monoisotopic (exact) mass is 306 g/mol. The van der Waals surface area contributed by atoms with E-state index in [4.69, 9.17) is 4.42 Å². The van der Waals surface area contributed by atoms with Gasteiger partial charge in [0.05, 0.1) is 13.1 Å². The summed E-state index contributed by atoms with van der Waals surface area (Å²) in [5.74, 6) is 1.46. The maximum Gasteiger partial charge on any atom is 0.401 e. The molecule has 0 spiro atoms. The SMILES string of the molecule is CCCN(Cc1cc(CNC(C)C)oc1C)CC(F)(F)F. The first-order valence-electron chi connectivity index (χ1n) is 7.32. The van der Waals surface area contributed by atoms with Crippen LogP contribution in [0.4, 0.5) is 13.2 Å². The van der Waals surface area contributed by atoms with Crippen molar-refractivity contribution >= 4 is 0 Å². The van der Waals surface area contributed by atoms with Crippen LogP contribution in [0.5, 0.6) is 0 Å². The topological polar surface area (TPSA) is 28.4 Å². The molecule has 0 aromatic carbocycles. The van der Waals surface area contributed by atoms with Crippen LogP contribution in [-0.2, 0) is 13.1 Å². The molecule has 0 atom stereocenters. The van der Waals surface area contributed by atoms with E-state index in [1.165, 1.54) is 4.90 Å². The van der Waals surface area contributed by atoms with Crippen molar-refractivity contribution in [2.45, 2.75) is 59.4 Å². The van der Waals surface area contributed by atoms with Gasteiger partial charge in [-0.25, -0.2) is 0 Å². The highest BCUT2D eigenvalue weighted by molar-refractivity contribution is 5.20. The number of hydrogen-bond acceptors (Lipinski definition) is 3. The van der Waals surface area contributed by atoms with E-state index in [2.05, 4.69) is 5.32 Å². The van der Waals surface area contributed by atoms with Crippen LogP contribution in [0.15, 0.2) is 10.5 Å². The summed E-state index contributed by atoms with van der Waals surface area (Å²) in [7, 11) is 0. The van der Waals surface area contributed by atoms with Crippen LogP contribution < -0.4 is 5.32 Å². The van der Waals surface area contributed by atoms with Crippen molar-refractivity contribution < 1.29 is 17.6 Å². The van der Waals surface area contributed by atoms with Gasteiger partial charge in [0, 0.05) is 18.2 Å². The molecule has 0 radical (unpaired) electrons. The van der Waals surface area contributed by atoms with Crippen LogP contribution in [-0.4, -0.2) is 30.2 Å². The summed E-state index contributed by atoms with van der Waals surface area (Å²) in [5.41, 5.74) is 0.827. The fraction of sp³-hybridized carbons (Fsp3) is 0.733. The summed E-state index contributed by atoms with van der Waals surface area (Å²) in [6.07, 6.45) is -3.48. The molecule has 0 unspecified atom stereocenters. The van der Waals surface area contributed by atoms with Gasteiger partial charge in [-0.1, -0.05) is 20.8 Å². The predicted octanol–water partition coefficient (Wildman–Crippen LogP) is 3.86. The number of nitrogens with zero attached hydrogens (tertiary/aromatic N) is 1. The molecule has 0 aliphatic carbocycles. The summed E-state index contributed by atoms with van der Waals surface area (Å²) in [5, 5.41) is 3.23. The van der Waals surface area contributed by atoms with Gasteiger partial charge in [-0.2, -0.15) is 13.2 Å². The predicted molar refractivity (Wildman–Crippen MR) is 77.0 cm³/mol. The van der Waals surface area contributed by atoms with Gasteiger partial charge in [0.25, 0.3) is 0 Å². The third kappa shape index (κ3) is 7.00. The summed E-state index contributed by atoms with van der Waals surface area (Å²) in [6, 6.07) is 2.18. The average Bonchev–Trinajstić information content (AvgIpc) is 2.66. The van der Waals surface area contributed by atoms with E-state index >= 15 is 0 Å². The zero-order chi connectivity index (χ0) is 16.0. The van der Waals surface area contributed by atoms with Crippen LogP contribution in [0, 0.1) is 6.92 Å². The van der Waals surface area contributed by atoms with Crippen LogP contribution in [0.25, 0.3) is 0 Å². The van der Waals surface area contributed by atoms with Gasteiger partial charge in [0.2, 0.25) is 0 Å². The minimum atomic E-state index is -4.17. The molecule has 0 aliphatic heterocycles. The lowest BCUT2D eigenvalue weighted by Crippen LogP contribution is -2.34. The van der Waals surface area contributed by atoms with E-state index < -0.39 is 12.7 Å². The molecular weight excluding hydrogens is 281 g/mol. The normalized spacial score (nSPS) is 12.6. The summed E-state index contributed by atoms with van der Waals surface area (Å²) in [6.45, 7) is 8.13. The Morgan fingerprint density at radius 1 is 1.33 bits per heavy atom. The van der Waals surface area contributed by atoms with Gasteiger partial charge >= 0.3 is 6.18 Å². The largest absolute Gasteiger partial charge is 0.465 e. The Balaban J connectivity index is 2.70. The molecule has 1 rings (SSSR count). The Morgan fingerprint density at radius 2 is 2.00 bits per heavy atom. The van der Waals surface area contributed by atoms with Crippen LogP contribution >= 0.6 is 0 Å². The van der Waals surface area contributed by atoms with E-state index in [0.717, 1.165) is 11.3 Å². The van der Waals surface area contributed by atoms with E-state index in [1.54, 1.807) is 6.92 Å². The van der Waals surface area contributed by atoms with E-state index in [0.29, 0.717) is 31.3 Å². The number of aryl methyl sites for hydroxylation is 1. The second kappa shape index (κ2) is 7.84. The lowest BCUT2D eigenvalue weighted by Gasteiger charge is -2.22. The number of halogens is 3. The standard InChI is InChI=1S/C15H25F3N2O/c1-5-6-20(10-15(16,17)18)9-13-7-14(21-12(13)4)8-19-11(2)3/h7,11,19H,5-6,8-10H2,1-4H3. The third-order valence-corrected chi connectivity index (χ3v) is 3.09. The van der Waals surface area contributed by atoms with Gasteiger partial charge in [0.15, 0.2) is 0 Å². The van der Waals surface area contributed by atoms with Crippen LogP contribution in [0.2, 0.25) is 0 Å². The Morgan fingerprint density at radius 3 is 2.52 bits per heavy atom. The fourth-order valence-corrected chi connectivity index (χ4v) is 2.16. The fourth-order valence-electron chi connectivity index (χ4n) is 2.16. The minimum absolute atomic E-state index is 0.268. The maximum atomic E-state index is 12.6. The van der Waals surface area contributed by atoms with Crippen molar-refractivity contribution in [2.75, 3.05) is 13.1 Å². The Kier molecular flexibility index (Phi) is 6.74. The average molecular weight is 306 g/mol. The summed E-state index contributed by atoms with van der Waals surface area (Å²) < 4.78 is 43.3. The maximum absolute atomic E-state index is 12.6. The number of furan rings is 1. The first kappa shape index (κ1) is 18.0. The smallest absolute Gasteiger partial charge is 0.401 e. The molecule has 122 valence electrons. The van der Waals surface area contributed by atoms with E-state index in [1.807, 2.05) is 26.8 Å². The first-order valence-corrected chi connectivity index (χ1v) is 7.32. The number of nitrogens with one attached hydrogen (secondary N) is 1. The highest BCUT2D eigenvalue weighted by Gasteiger charge is 2.30. The lowest BCUT2D eigenvalue weighted by molar-refractivity contribution is -0.147. The Labute approximate surface area is 124 Å². The van der Waals surface area contributed by atoms with Crippen molar-refractivity contribution in [3.05, 3.63) is 23.2 Å². The Bertz CT molecular complexity index is 427. The molecule has 0 saturated heterocycles. The second-order valence-electron chi connectivity index (χ2n) is 5.66. The quantitative estimate of drug-likeness (QED) is 0.790. The first-order chi connectivity index (χ1) is 9.71. The highest BCUT2D eigenvalue weighted by atomic mass is 19.4. The second-order valence-corrected chi connectivity index (χ2v) is 5.66. The van der Waals surface area contributed by atoms with Gasteiger partial charge < -0.3 is 9.73 Å². The van der Waals surface area contributed by atoms with Crippen molar-refractivity contribution in [1.82, 2.24) is 10.2 Å². The van der Waals surface area contributed by atoms with Crippen LogP contribution in [0.3, 0.4) is 0 Å². The number of hydrogen-bond donors (Lipinski definition) is 1. The van der Waals surface area contributed by atoms with Crippen molar-refractivity contribution in [3.63, 3.8) is 0 Å². The molecule has 1 heterocycles. The van der Waals surface area contributed by atoms with Gasteiger partial charge in [0.1, 0.15) is 11.5 Å². The number of alkyl halides is 3. The summed E-state index contributed by atoms with van der Waals surface area (Å²) in [4.78, 5) is 1.41. The minimum Gasteiger partial charge on any atom is -0.465 e. The molecule has 0 amide bonds. The van der Waals surface area contributed by atoms with Crippen molar-refractivity contribution in [3.8, 4) is 0 Å². The molecule has 1 aromatic heterocycles. The molecule has 1 aromatic rings. The summed E-state index contributed by atoms with van der Waals surface area (Å²) >= 11 is 0. The van der Waals surface area contributed by atoms with Gasteiger partial charge in [-0.15, -0.1) is 0 Å². The number of rotatable bonds is 8. The molecule has 3 nitrogen and oxygen atoms in total. The van der Waals surface area contributed by atoms with E-state index in [9.17, 15) is 13.2 Å². The van der Waals surface area contributed by atoms with Crippen molar-refractivity contribution in [1.29, 1.82) is 0 Å². The highest BCUT2D eigenvalue weighted by Crippen LogP contribution is 2.21. The molecule has 6 heteroatoms. The van der Waals surface area contributed by atoms with Gasteiger partial charge in [-0.05, 0) is 26.0 Å². The Hall–Kier alpha value is -1.01. The van der Waals surface area contributed by atoms with Crippen molar-refractivity contribution in [2.24, 2.45) is 0 Å². The molecule has 1 N–H and O–H groups in total. The molecule has 0 saturated carbocycles. The molecule has 21 heavy (non-hydrogen) atoms. The lowest BCUT2D eigenvalue weighted by atomic mass is 10.2. The zero-order valence-electron chi connectivity index (χ0n) is 13.2. The van der Waals surface area contributed by atoms with Gasteiger partial charge in [-0.3, -0.25) is 4.90 Å². The molecule has 0 bridgehead atoms.